The van der Waals surface area contributed by atoms with E-state index in [0.29, 0.717) is 19.6 Å². The Balaban J connectivity index is 2.18. The van der Waals surface area contributed by atoms with Crippen molar-refractivity contribution in [3.8, 4) is 0 Å². The van der Waals surface area contributed by atoms with Gasteiger partial charge in [0.1, 0.15) is 11.6 Å². The number of rotatable bonds is 5. The summed E-state index contributed by atoms with van der Waals surface area (Å²) in [7, 11) is 1.66. The molecule has 1 saturated heterocycles. The Morgan fingerprint density at radius 1 is 1.37 bits per heavy atom. The van der Waals surface area contributed by atoms with Gasteiger partial charge in [-0.1, -0.05) is 19.8 Å². The minimum atomic E-state index is -0.573. The van der Waals surface area contributed by atoms with Crippen LogP contribution in [0.3, 0.4) is 0 Å². The molecule has 1 unspecified atom stereocenters. The number of amides is 2. The minimum Gasteiger partial charge on any atom is -0.385 e. The largest absolute Gasteiger partial charge is 0.385 e. The molecule has 1 aliphatic heterocycles. The van der Waals surface area contributed by atoms with Crippen molar-refractivity contribution in [1.82, 2.24) is 10.2 Å². The van der Waals surface area contributed by atoms with E-state index < -0.39 is 5.54 Å². The summed E-state index contributed by atoms with van der Waals surface area (Å²) in [6.45, 7) is 3.18. The lowest BCUT2D eigenvalue weighted by atomic mass is 9.88. The molecule has 0 radical (unpaired) electrons. The molecule has 19 heavy (non-hydrogen) atoms. The molecule has 0 aromatic carbocycles. The van der Waals surface area contributed by atoms with Crippen molar-refractivity contribution in [1.29, 1.82) is 0 Å². The minimum absolute atomic E-state index is 0.0499. The second-order valence-corrected chi connectivity index (χ2v) is 5.51. The third kappa shape index (κ3) is 2.48. The zero-order chi connectivity index (χ0) is 13.9. The number of nitrogens with zero attached hydrogens (tertiary/aromatic N) is 1. The van der Waals surface area contributed by atoms with Gasteiger partial charge in [-0.05, 0) is 25.7 Å². The van der Waals surface area contributed by atoms with Crippen molar-refractivity contribution in [3.63, 3.8) is 0 Å². The predicted octanol–water partition coefficient (Wildman–Crippen LogP) is 1.07. The summed E-state index contributed by atoms with van der Waals surface area (Å²) in [4.78, 5) is 26.8. The summed E-state index contributed by atoms with van der Waals surface area (Å²) < 4.78 is 5.06. The van der Waals surface area contributed by atoms with E-state index in [1.54, 1.807) is 7.11 Å². The van der Waals surface area contributed by atoms with Gasteiger partial charge in [0.25, 0.3) is 0 Å². The average molecular weight is 268 g/mol. The molecule has 1 spiro atoms. The third-order valence-electron chi connectivity index (χ3n) is 4.38. The second-order valence-electron chi connectivity index (χ2n) is 5.51. The van der Waals surface area contributed by atoms with E-state index in [-0.39, 0.29) is 17.9 Å². The normalized spacial score (nSPS) is 26.0. The van der Waals surface area contributed by atoms with Crippen LogP contribution >= 0.6 is 0 Å². The Labute approximate surface area is 114 Å². The molecule has 0 bridgehead atoms. The standard InChI is InChI=1S/C14H24N2O3/c1-3-11-12(17)16(9-6-10-19-2)14(13(18)15-11)7-4-5-8-14/h11H,3-10H2,1-2H3,(H,15,18). The monoisotopic (exact) mass is 268 g/mol. The van der Waals surface area contributed by atoms with Gasteiger partial charge < -0.3 is 15.0 Å². The average Bonchev–Trinajstić information content (AvgIpc) is 2.89. The number of hydrogen-bond acceptors (Lipinski definition) is 3. The van der Waals surface area contributed by atoms with E-state index in [0.717, 1.165) is 32.1 Å². The first-order chi connectivity index (χ1) is 9.15. The molecule has 5 heteroatoms. The summed E-state index contributed by atoms with van der Waals surface area (Å²) in [5, 5.41) is 2.91. The molecule has 2 fully saturated rings. The van der Waals surface area contributed by atoms with Gasteiger partial charge >= 0.3 is 0 Å². The number of carbonyl (C=O) groups is 2. The first-order valence-corrected chi connectivity index (χ1v) is 7.27. The summed E-state index contributed by atoms with van der Waals surface area (Å²) in [6, 6.07) is -0.346. The van der Waals surface area contributed by atoms with Crippen LogP contribution in [0.4, 0.5) is 0 Å². The van der Waals surface area contributed by atoms with E-state index >= 15 is 0 Å². The van der Waals surface area contributed by atoms with Crippen molar-refractivity contribution in [2.45, 2.75) is 57.0 Å². The number of ether oxygens (including phenoxy) is 1. The number of nitrogens with one attached hydrogen (secondary N) is 1. The lowest BCUT2D eigenvalue weighted by molar-refractivity contribution is -0.157. The molecular weight excluding hydrogens is 244 g/mol. The quantitative estimate of drug-likeness (QED) is 0.759. The van der Waals surface area contributed by atoms with Gasteiger partial charge in [-0.3, -0.25) is 9.59 Å². The molecule has 2 rings (SSSR count). The van der Waals surface area contributed by atoms with Crippen LogP contribution in [-0.2, 0) is 14.3 Å². The van der Waals surface area contributed by atoms with E-state index in [4.69, 9.17) is 4.74 Å². The molecule has 1 atom stereocenters. The maximum Gasteiger partial charge on any atom is 0.246 e. The lowest BCUT2D eigenvalue weighted by Crippen LogP contribution is -2.69. The number of methoxy groups -OCH3 is 1. The van der Waals surface area contributed by atoms with Crippen LogP contribution in [0.5, 0.6) is 0 Å². The van der Waals surface area contributed by atoms with E-state index in [1.807, 2.05) is 11.8 Å². The highest BCUT2D eigenvalue weighted by atomic mass is 16.5. The van der Waals surface area contributed by atoms with Gasteiger partial charge in [0.05, 0.1) is 0 Å². The highest BCUT2D eigenvalue weighted by Gasteiger charge is 2.52. The fourth-order valence-electron chi connectivity index (χ4n) is 3.30. The van der Waals surface area contributed by atoms with Gasteiger partial charge in [-0.2, -0.15) is 0 Å². The molecule has 2 amide bonds. The van der Waals surface area contributed by atoms with Gasteiger partial charge in [-0.15, -0.1) is 0 Å². The van der Waals surface area contributed by atoms with Crippen LogP contribution in [0.1, 0.15) is 45.4 Å². The Bertz CT molecular complexity index is 351. The van der Waals surface area contributed by atoms with Crippen LogP contribution < -0.4 is 5.32 Å². The van der Waals surface area contributed by atoms with Crippen molar-refractivity contribution in [2.75, 3.05) is 20.3 Å². The number of piperazine rings is 1. The molecule has 0 aromatic heterocycles. The molecule has 108 valence electrons. The summed E-state index contributed by atoms with van der Waals surface area (Å²) >= 11 is 0. The SMILES string of the molecule is CCC1NC(=O)C2(CCCC2)N(CCCOC)C1=O. The van der Waals surface area contributed by atoms with Crippen LogP contribution in [0.15, 0.2) is 0 Å². The number of hydrogen-bond donors (Lipinski definition) is 1. The smallest absolute Gasteiger partial charge is 0.246 e. The summed E-state index contributed by atoms with van der Waals surface area (Å²) in [6.07, 6.45) is 5.09. The van der Waals surface area contributed by atoms with Crippen LogP contribution in [-0.4, -0.2) is 48.6 Å². The van der Waals surface area contributed by atoms with Crippen LogP contribution in [0.25, 0.3) is 0 Å². The van der Waals surface area contributed by atoms with E-state index in [2.05, 4.69) is 5.32 Å². The summed E-state index contributed by atoms with van der Waals surface area (Å²) in [5.41, 5.74) is -0.573. The van der Waals surface area contributed by atoms with Crippen molar-refractivity contribution in [3.05, 3.63) is 0 Å². The molecule has 2 aliphatic rings. The van der Waals surface area contributed by atoms with Crippen molar-refractivity contribution >= 4 is 11.8 Å². The Kier molecular flexibility index (Phi) is 4.45. The van der Waals surface area contributed by atoms with Gasteiger partial charge in [0.2, 0.25) is 11.8 Å². The Morgan fingerprint density at radius 2 is 2.05 bits per heavy atom. The zero-order valence-corrected chi connectivity index (χ0v) is 11.9. The molecule has 5 nitrogen and oxygen atoms in total. The fourth-order valence-corrected chi connectivity index (χ4v) is 3.30. The van der Waals surface area contributed by atoms with Gasteiger partial charge in [0, 0.05) is 20.3 Å². The number of carbonyl (C=O) groups excluding carboxylic acids is 2. The first-order valence-electron chi connectivity index (χ1n) is 7.27. The molecule has 1 saturated carbocycles. The lowest BCUT2D eigenvalue weighted by Gasteiger charge is -2.46. The topological polar surface area (TPSA) is 58.6 Å². The summed E-state index contributed by atoms with van der Waals surface area (Å²) in [5.74, 6) is 0.133. The maximum absolute atomic E-state index is 12.5. The van der Waals surface area contributed by atoms with Crippen molar-refractivity contribution < 1.29 is 14.3 Å². The van der Waals surface area contributed by atoms with Gasteiger partial charge in [0.15, 0.2) is 0 Å². The Hall–Kier alpha value is -1.10. The van der Waals surface area contributed by atoms with Crippen LogP contribution in [0, 0.1) is 0 Å². The molecule has 1 heterocycles. The van der Waals surface area contributed by atoms with E-state index in [9.17, 15) is 9.59 Å². The molecule has 1 N–H and O–H groups in total. The van der Waals surface area contributed by atoms with Gasteiger partial charge in [-0.25, -0.2) is 0 Å². The Morgan fingerprint density at radius 3 is 2.63 bits per heavy atom. The molecular formula is C14H24N2O3. The van der Waals surface area contributed by atoms with E-state index in [1.165, 1.54) is 0 Å². The molecule has 1 aliphatic carbocycles. The molecule has 0 aromatic rings. The highest BCUT2D eigenvalue weighted by Crippen LogP contribution is 2.38. The fraction of sp³-hybridized carbons (Fsp3) is 0.857. The highest BCUT2D eigenvalue weighted by molar-refractivity contribution is 6.00. The third-order valence-corrected chi connectivity index (χ3v) is 4.38. The van der Waals surface area contributed by atoms with Crippen LogP contribution in [0.2, 0.25) is 0 Å². The second kappa shape index (κ2) is 5.90. The zero-order valence-electron chi connectivity index (χ0n) is 11.9. The predicted molar refractivity (Wildman–Crippen MR) is 71.6 cm³/mol. The maximum atomic E-state index is 12.5. The van der Waals surface area contributed by atoms with Crippen molar-refractivity contribution in [2.24, 2.45) is 0 Å². The first kappa shape index (κ1) is 14.3.